The van der Waals surface area contributed by atoms with E-state index in [9.17, 15) is 5.11 Å². The van der Waals surface area contributed by atoms with Crippen LogP contribution in [0, 0.1) is 6.92 Å². The Morgan fingerprint density at radius 1 is 1.44 bits per heavy atom. The first-order chi connectivity index (χ1) is 7.61. The van der Waals surface area contributed by atoms with Crippen LogP contribution in [0.2, 0.25) is 0 Å². The average Bonchev–Trinajstić information content (AvgIpc) is 2.54. The lowest BCUT2D eigenvalue weighted by atomic mass is 10.1. The van der Waals surface area contributed by atoms with Crippen LogP contribution in [0.4, 0.5) is 5.69 Å². The van der Waals surface area contributed by atoms with Crippen LogP contribution in [0.5, 0.6) is 5.75 Å². The summed E-state index contributed by atoms with van der Waals surface area (Å²) in [7, 11) is 3.55. The first-order valence-corrected chi connectivity index (χ1v) is 5.13. The molecule has 0 fully saturated rings. The Hall–Kier alpha value is -1.68. The van der Waals surface area contributed by atoms with Gasteiger partial charge in [-0.3, -0.25) is 0 Å². The van der Waals surface area contributed by atoms with Crippen molar-refractivity contribution in [2.24, 2.45) is 7.05 Å². The van der Waals surface area contributed by atoms with Crippen molar-refractivity contribution in [2.75, 3.05) is 12.8 Å². The molecule has 0 atom stereocenters. The molecule has 0 unspecified atom stereocenters. The number of nitrogen functional groups attached to an aromatic ring is 1. The standard InChI is InChI=1S/C12H16N2O2/c1-7-8(6-15)11-9(14(7)2)4-5-10(16-3)12(11)13/h4-5,15H,6,13H2,1-3H3. The van der Waals surface area contributed by atoms with Gasteiger partial charge in [0.2, 0.25) is 0 Å². The molecule has 2 aromatic rings. The van der Waals surface area contributed by atoms with Gasteiger partial charge in [0.05, 0.1) is 24.9 Å². The fraction of sp³-hybridized carbons (Fsp3) is 0.333. The molecule has 16 heavy (non-hydrogen) atoms. The summed E-state index contributed by atoms with van der Waals surface area (Å²) in [6.45, 7) is 1.96. The van der Waals surface area contributed by atoms with Gasteiger partial charge in [0.25, 0.3) is 0 Å². The number of aliphatic hydroxyl groups excluding tert-OH is 1. The molecule has 2 rings (SSSR count). The van der Waals surface area contributed by atoms with E-state index >= 15 is 0 Å². The number of aryl methyl sites for hydroxylation is 1. The molecule has 0 radical (unpaired) electrons. The quantitative estimate of drug-likeness (QED) is 0.755. The molecule has 1 aromatic heterocycles. The minimum atomic E-state index is -0.0134. The lowest BCUT2D eigenvalue weighted by molar-refractivity contribution is 0.282. The van der Waals surface area contributed by atoms with Gasteiger partial charge in [-0.1, -0.05) is 0 Å². The van der Waals surface area contributed by atoms with Crippen LogP contribution in [-0.2, 0) is 13.7 Å². The van der Waals surface area contributed by atoms with E-state index in [-0.39, 0.29) is 6.61 Å². The van der Waals surface area contributed by atoms with E-state index in [4.69, 9.17) is 10.5 Å². The molecule has 0 saturated heterocycles. The van der Waals surface area contributed by atoms with Crippen LogP contribution in [-0.4, -0.2) is 16.8 Å². The van der Waals surface area contributed by atoms with Gasteiger partial charge >= 0.3 is 0 Å². The molecule has 0 aliphatic rings. The van der Waals surface area contributed by atoms with Crippen molar-refractivity contribution in [3.63, 3.8) is 0 Å². The lowest BCUT2D eigenvalue weighted by Gasteiger charge is -2.06. The van der Waals surface area contributed by atoms with Crippen molar-refractivity contribution < 1.29 is 9.84 Å². The number of nitrogens with two attached hydrogens (primary N) is 1. The minimum Gasteiger partial charge on any atom is -0.495 e. The predicted molar refractivity (Wildman–Crippen MR) is 64.5 cm³/mol. The Morgan fingerprint density at radius 2 is 2.12 bits per heavy atom. The van der Waals surface area contributed by atoms with Gasteiger partial charge in [-0.2, -0.15) is 0 Å². The minimum absolute atomic E-state index is 0.0134. The highest BCUT2D eigenvalue weighted by Crippen LogP contribution is 2.35. The van der Waals surface area contributed by atoms with Gasteiger partial charge in [0.15, 0.2) is 0 Å². The molecule has 0 spiro atoms. The zero-order chi connectivity index (χ0) is 11.9. The Labute approximate surface area is 94.2 Å². The number of hydrogen-bond donors (Lipinski definition) is 2. The first-order valence-electron chi connectivity index (χ1n) is 5.13. The maximum atomic E-state index is 9.41. The zero-order valence-corrected chi connectivity index (χ0v) is 9.74. The van der Waals surface area contributed by atoms with Gasteiger partial charge in [0, 0.05) is 23.7 Å². The Morgan fingerprint density at radius 3 is 2.69 bits per heavy atom. The SMILES string of the molecule is COc1ccc2c(c1N)c(CO)c(C)n2C. The average molecular weight is 220 g/mol. The largest absolute Gasteiger partial charge is 0.495 e. The third-order valence-electron chi connectivity index (χ3n) is 3.16. The first kappa shape index (κ1) is 10.8. The Kier molecular flexibility index (Phi) is 2.52. The van der Waals surface area contributed by atoms with Crippen LogP contribution < -0.4 is 10.5 Å². The highest BCUT2D eigenvalue weighted by Gasteiger charge is 2.15. The Bertz CT molecular complexity index is 544. The van der Waals surface area contributed by atoms with E-state index in [0.717, 1.165) is 22.2 Å². The second-order valence-corrected chi connectivity index (χ2v) is 3.86. The molecule has 86 valence electrons. The van der Waals surface area contributed by atoms with E-state index < -0.39 is 0 Å². The van der Waals surface area contributed by atoms with E-state index in [1.165, 1.54) is 0 Å². The van der Waals surface area contributed by atoms with Gasteiger partial charge < -0.3 is 20.1 Å². The van der Waals surface area contributed by atoms with Crippen LogP contribution in [0.1, 0.15) is 11.3 Å². The number of benzene rings is 1. The third-order valence-corrected chi connectivity index (χ3v) is 3.16. The molecular formula is C12H16N2O2. The molecule has 4 nitrogen and oxygen atoms in total. The topological polar surface area (TPSA) is 60.4 Å². The van der Waals surface area contributed by atoms with Crippen LogP contribution in [0.15, 0.2) is 12.1 Å². The fourth-order valence-electron chi connectivity index (χ4n) is 2.12. The number of aromatic nitrogens is 1. The maximum Gasteiger partial charge on any atom is 0.142 e. The second-order valence-electron chi connectivity index (χ2n) is 3.86. The molecule has 1 heterocycles. The molecule has 3 N–H and O–H groups in total. The van der Waals surface area contributed by atoms with Crippen molar-refractivity contribution in [1.29, 1.82) is 0 Å². The number of methoxy groups -OCH3 is 1. The summed E-state index contributed by atoms with van der Waals surface area (Å²) in [4.78, 5) is 0. The van der Waals surface area contributed by atoms with E-state index in [2.05, 4.69) is 0 Å². The summed E-state index contributed by atoms with van der Waals surface area (Å²) in [5.41, 5.74) is 9.54. The molecular weight excluding hydrogens is 204 g/mol. The van der Waals surface area contributed by atoms with Gasteiger partial charge in [0.1, 0.15) is 5.75 Å². The zero-order valence-electron chi connectivity index (χ0n) is 9.74. The number of hydrogen-bond acceptors (Lipinski definition) is 3. The molecule has 0 bridgehead atoms. The van der Waals surface area contributed by atoms with Crippen LogP contribution >= 0.6 is 0 Å². The normalized spacial score (nSPS) is 11.0. The number of anilines is 1. The highest BCUT2D eigenvalue weighted by atomic mass is 16.5. The molecule has 0 amide bonds. The van der Waals surface area contributed by atoms with Crippen molar-refractivity contribution in [3.05, 3.63) is 23.4 Å². The van der Waals surface area contributed by atoms with E-state index in [0.29, 0.717) is 11.4 Å². The summed E-state index contributed by atoms with van der Waals surface area (Å²) in [5.74, 6) is 0.646. The molecule has 4 heteroatoms. The number of ether oxygens (including phenoxy) is 1. The number of fused-ring (bicyclic) bond motifs is 1. The summed E-state index contributed by atoms with van der Waals surface area (Å²) >= 11 is 0. The molecule has 1 aromatic carbocycles. The lowest BCUT2D eigenvalue weighted by Crippen LogP contribution is -1.94. The summed E-state index contributed by atoms with van der Waals surface area (Å²) in [6, 6.07) is 3.80. The van der Waals surface area contributed by atoms with Gasteiger partial charge in [-0.15, -0.1) is 0 Å². The maximum absolute atomic E-state index is 9.41. The van der Waals surface area contributed by atoms with Crippen molar-refractivity contribution in [3.8, 4) is 5.75 Å². The molecule has 0 saturated carbocycles. The number of aliphatic hydroxyl groups is 1. The van der Waals surface area contributed by atoms with Crippen LogP contribution in [0.25, 0.3) is 10.9 Å². The fourth-order valence-corrected chi connectivity index (χ4v) is 2.12. The smallest absolute Gasteiger partial charge is 0.142 e. The summed E-state index contributed by atoms with van der Waals surface area (Å²) < 4.78 is 7.21. The van der Waals surface area contributed by atoms with Crippen molar-refractivity contribution in [1.82, 2.24) is 4.57 Å². The predicted octanol–water partition coefficient (Wildman–Crippen LogP) is 1.57. The Balaban J connectivity index is 2.91. The van der Waals surface area contributed by atoms with Crippen LogP contribution in [0.3, 0.4) is 0 Å². The molecule has 0 aliphatic carbocycles. The second kappa shape index (κ2) is 3.72. The van der Waals surface area contributed by atoms with E-state index in [1.807, 2.05) is 30.7 Å². The summed E-state index contributed by atoms with van der Waals surface area (Å²) in [5, 5.41) is 10.3. The van der Waals surface area contributed by atoms with Crippen molar-refractivity contribution >= 4 is 16.6 Å². The third kappa shape index (κ3) is 1.27. The van der Waals surface area contributed by atoms with Gasteiger partial charge in [-0.05, 0) is 19.1 Å². The molecule has 0 aliphatic heterocycles. The van der Waals surface area contributed by atoms with Crippen molar-refractivity contribution in [2.45, 2.75) is 13.5 Å². The monoisotopic (exact) mass is 220 g/mol. The highest BCUT2D eigenvalue weighted by molar-refractivity contribution is 5.98. The summed E-state index contributed by atoms with van der Waals surface area (Å²) in [6.07, 6.45) is 0. The number of nitrogens with zero attached hydrogens (tertiary/aromatic N) is 1. The van der Waals surface area contributed by atoms with Gasteiger partial charge in [-0.25, -0.2) is 0 Å². The van der Waals surface area contributed by atoms with E-state index in [1.54, 1.807) is 7.11 Å². The number of rotatable bonds is 2.